The number of fused-ring (bicyclic) bond motifs is 1. The largest absolute Gasteiger partial charge is 0.385 e. The lowest BCUT2D eigenvalue weighted by atomic mass is 10.1. The van der Waals surface area contributed by atoms with Crippen molar-refractivity contribution in [2.75, 3.05) is 19.5 Å². The van der Waals surface area contributed by atoms with Gasteiger partial charge in [-0.1, -0.05) is 30.3 Å². The van der Waals surface area contributed by atoms with E-state index in [9.17, 15) is 0 Å². The summed E-state index contributed by atoms with van der Waals surface area (Å²) in [6.07, 6.45) is 1.69. The molecular weight excluding hydrogens is 282 g/mol. The minimum atomic E-state index is 0.563. The molecule has 0 saturated heterocycles. The standard InChI is InChI=1S/C16H17N3OS/c1-20-9-5-8-13-18-15(17)14-12(10-21-16(14)19-13)11-6-3-2-4-7-11/h2-4,6-7,10H,5,8-9H2,1H3,(H2,17,18,19). The SMILES string of the molecule is COCCCc1nc(N)c2c(-c3ccccc3)csc2n1. The molecule has 2 aromatic heterocycles. The smallest absolute Gasteiger partial charge is 0.136 e. The first-order valence-electron chi connectivity index (χ1n) is 6.87. The van der Waals surface area contributed by atoms with Crippen molar-refractivity contribution in [3.8, 4) is 11.1 Å². The third kappa shape index (κ3) is 2.89. The molecule has 3 rings (SSSR count). The first kappa shape index (κ1) is 14.0. The summed E-state index contributed by atoms with van der Waals surface area (Å²) in [5, 5.41) is 3.06. The first-order chi connectivity index (χ1) is 10.3. The van der Waals surface area contributed by atoms with E-state index in [1.165, 1.54) is 0 Å². The zero-order valence-corrected chi connectivity index (χ0v) is 12.7. The third-order valence-electron chi connectivity index (χ3n) is 3.34. The van der Waals surface area contributed by atoms with Gasteiger partial charge in [-0.25, -0.2) is 9.97 Å². The van der Waals surface area contributed by atoms with E-state index in [0.29, 0.717) is 12.4 Å². The molecule has 0 fully saturated rings. The van der Waals surface area contributed by atoms with Gasteiger partial charge >= 0.3 is 0 Å². The zero-order valence-electron chi connectivity index (χ0n) is 11.9. The molecule has 4 nitrogen and oxygen atoms in total. The summed E-state index contributed by atoms with van der Waals surface area (Å²) in [6, 6.07) is 10.2. The molecule has 3 aromatic rings. The van der Waals surface area contributed by atoms with E-state index in [4.69, 9.17) is 10.5 Å². The highest BCUT2D eigenvalue weighted by molar-refractivity contribution is 7.17. The van der Waals surface area contributed by atoms with Crippen molar-refractivity contribution in [2.24, 2.45) is 0 Å². The number of methoxy groups -OCH3 is 1. The number of nitrogen functional groups attached to an aromatic ring is 1. The van der Waals surface area contributed by atoms with Gasteiger partial charge in [-0.05, 0) is 12.0 Å². The summed E-state index contributed by atoms with van der Waals surface area (Å²) >= 11 is 1.61. The molecule has 2 heterocycles. The summed E-state index contributed by atoms with van der Waals surface area (Å²) in [4.78, 5) is 10.0. The summed E-state index contributed by atoms with van der Waals surface area (Å²) in [6.45, 7) is 0.709. The Morgan fingerprint density at radius 3 is 2.76 bits per heavy atom. The van der Waals surface area contributed by atoms with E-state index >= 15 is 0 Å². The Morgan fingerprint density at radius 2 is 2.00 bits per heavy atom. The van der Waals surface area contributed by atoms with E-state index in [-0.39, 0.29) is 0 Å². The molecule has 0 unspecified atom stereocenters. The van der Waals surface area contributed by atoms with Gasteiger partial charge in [0.15, 0.2) is 0 Å². The molecule has 0 amide bonds. The van der Waals surface area contributed by atoms with Gasteiger partial charge in [0.2, 0.25) is 0 Å². The number of nitrogens with two attached hydrogens (primary N) is 1. The van der Waals surface area contributed by atoms with Gasteiger partial charge in [-0.15, -0.1) is 11.3 Å². The maximum absolute atomic E-state index is 6.17. The van der Waals surface area contributed by atoms with Crippen molar-refractivity contribution in [1.82, 2.24) is 9.97 Å². The highest BCUT2D eigenvalue weighted by atomic mass is 32.1. The van der Waals surface area contributed by atoms with Crippen molar-refractivity contribution < 1.29 is 4.74 Å². The molecule has 5 heteroatoms. The number of rotatable bonds is 5. The molecule has 0 atom stereocenters. The summed E-state index contributed by atoms with van der Waals surface area (Å²) in [5.41, 5.74) is 8.42. The predicted octanol–water partition coefficient (Wildman–Crippen LogP) is 3.52. The monoisotopic (exact) mass is 299 g/mol. The van der Waals surface area contributed by atoms with Crippen molar-refractivity contribution in [2.45, 2.75) is 12.8 Å². The number of benzene rings is 1. The molecule has 108 valence electrons. The van der Waals surface area contributed by atoms with Crippen LogP contribution < -0.4 is 5.73 Å². The third-order valence-corrected chi connectivity index (χ3v) is 4.21. The Balaban J connectivity index is 1.99. The quantitative estimate of drug-likeness (QED) is 0.732. The topological polar surface area (TPSA) is 61.0 Å². The predicted molar refractivity (Wildman–Crippen MR) is 87.5 cm³/mol. The molecule has 1 aromatic carbocycles. The van der Waals surface area contributed by atoms with Crippen LogP contribution in [0.1, 0.15) is 12.2 Å². The number of thiophene rings is 1. The fourth-order valence-corrected chi connectivity index (χ4v) is 3.31. The van der Waals surface area contributed by atoms with Crippen LogP contribution in [0.15, 0.2) is 35.7 Å². The Hall–Kier alpha value is -1.98. The minimum absolute atomic E-state index is 0.563. The lowest BCUT2D eigenvalue weighted by Crippen LogP contribution is -2.02. The lowest BCUT2D eigenvalue weighted by Gasteiger charge is -2.05. The second-order valence-electron chi connectivity index (χ2n) is 4.82. The Bertz CT molecular complexity index is 740. The molecule has 0 radical (unpaired) electrons. The van der Waals surface area contributed by atoms with E-state index in [2.05, 4.69) is 27.5 Å². The number of aryl methyl sites for hydroxylation is 1. The van der Waals surface area contributed by atoms with Crippen molar-refractivity contribution in [3.05, 3.63) is 41.5 Å². The van der Waals surface area contributed by atoms with E-state index < -0.39 is 0 Å². The van der Waals surface area contributed by atoms with Gasteiger partial charge < -0.3 is 10.5 Å². The van der Waals surface area contributed by atoms with E-state index in [1.54, 1.807) is 18.4 Å². The fourth-order valence-electron chi connectivity index (χ4n) is 2.33. The van der Waals surface area contributed by atoms with Gasteiger partial charge in [-0.2, -0.15) is 0 Å². The van der Waals surface area contributed by atoms with Crippen molar-refractivity contribution in [1.29, 1.82) is 0 Å². The maximum Gasteiger partial charge on any atom is 0.136 e. The molecule has 0 aliphatic carbocycles. The number of nitrogens with zero attached hydrogens (tertiary/aromatic N) is 2. The lowest BCUT2D eigenvalue weighted by molar-refractivity contribution is 0.194. The normalized spacial score (nSPS) is 11.1. The fraction of sp³-hybridized carbons (Fsp3) is 0.250. The number of hydrogen-bond acceptors (Lipinski definition) is 5. The number of aromatic nitrogens is 2. The Morgan fingerprint density at radius 1 is 1.19 bits per heavy atom. The maximum atomic E-state index is 6.17. The zero-order chi connectivity index (χ0) is 14.7. The number of hydrogen-bond donors (Lipinski definition) is 1. The van der Waals surface area contributed by atoms with Crippen LogP contribution >= 0.6 is 11.3 Å². The molecule has 21 heavy (non-hydrogen) atoms. The Kier molecular flexibility index (Phi) is 4.13. The average molecular weight is 299 g/mol. The summed E-state index contributed by atoms with van der Waals surface area (Å²) in [7, 11) is 1.70. The van der Waals surface area contributed by atoms with Crippen LogP contribution in [0.2, 0.25) is 0 Å². The molecule has 0 aliphatic heterocycles. The van der Waals surface area contributed by atoms with Crippen LogP contribution in [0.5, 0.6) is 0 Å². The van der Waals surface area contributed by atoms with Gasteiger partial charge in [0, 0.05) is 31.1 Å². The molecular formula is C16H17N3OS. The van der Waals surface area contributed by atoms with Crippen LogP contribution in [0.25, 0.3) is 21.3 Å². The van der Waals surface area contributed by atoms with Crippen LogP contribution in [0, 0.1) is 0 Å². The van der Waals surface area contributed by atoms with E-state index in [0.717, 1.165) is 40.0 Å². The molecule has 0 bridgehead atoms. The van der Waals surface area contributed by atoms with E-state index in [1.807, 2.05) is 18.2 Å². The van der Waals surface area contributed by atoms with Gasteiger partial charge in [0.25, 0.3) is 0 Å². The van der Waals surface area contributed by atoms with Crippen LogP contribution in [0.4, 0.5) is 5.82 Å². The molecule has 0 aliphatic rings. The molecule has 2 N–H and O–H groups in total. The van der Waals surface area contributed by atoms with Gasteiger partial charge in [0.1, 0.15) is 16.5 Å². The number of ether oxygens (including phenoxy) is 1. The second-order valence-corrected chi connectivity index (χ2v) is 5.68. The minimum Gasteiger partial charge on any atom is -0.385 e. The number of anilines is 1. The Labute approximate surface area is 127 Å². The molecule has 0 spiro atoms. The first-order valence-corrected chi connectivity index (χ1v) is 7.75. The van der Waals surface area contributed by atoms with Crippen molar-refractivity contribution >= 4 is 27.4 Å². The second kappa shape index (κ2) is 6.20. The summed E-state index contributed by atoms with van der Waals surface area (Å²) in [5.74, 6) is 1.35. The molecule has 0 saturated carbocycles. The summed E-state index contributed by atoms with van der Waals surface area (Å²) < 4.78 is 5.06. The van der Waals surface area contributed by atoms with Crippen molar-refractivity contribution in [3.63, 3.8) is 0 Å². The van der Waals surface area contributed by atoms with Crippen LogP contribution in [-0.4, -0.2) is 23.7 Å². The average Bonchev–Trinajstić information content (AvgIpc) is 2.93. The van der Waals surface area contributed by atoms with Crippen LogP contribution in [-0.2, 0) is 11.2 Å². The van der Waals surface area contributed by atoms with Gasteiger partial charge in [0.05, 0.1) is 5.39 Å². The van der Waals surface area contributed by atoms with Gasteiger partial charge in [-0.3, -0.25) is 0 Å². The van der Waals surface area contributed by atoms with Crippen LogP contribution in [0.3, 0.4) is 0 Å². The highest BCUT2D eigenvalue weighted by Crippen LogP contribution is 2.35. The highest BCUT2D eigenvalue weighted by Gasteiger charge is 2.13.